The monoisotopic (exact) mass is 225 g/mol. The second-order valence-corrected chi connectivity index (χ2v) is 5.46. The first-order valence-corrected chi connectivity index (χ1v) is 6.26. The Balaban J connectivity index is 1.63. The topological polar surface area (TPSA) is 38.8 Å². The Labute approximate surface area is 95.9 Å². The van der Waals surface area contributed by atoms with Gasteiger partial charge in [-0.3, -0.25) is 0 Å². The minimum atomic E-state index is -0.149. The van der Waals surface area contributed by atoms with Gasteiger partial charge in [-0.25, -0.2) is 4.79 Å². The van der Waals surface area contributed by atoms with E-state index in [9.17, 15) is 4.79 Å². The van der Waals surface area contributed by atoms with E-state index in [1.54, 1.807) is 0 Å². The summed E-state index contributed by atoms with van der Waals surface area (Å²) in [6.07, 6.45) is 3.00. The molecule has 0 aromatic heterocycles. The van der Waals surface area contributed by atoms with E-state index >= 15 is 0 Å². The van der Waals surface area contributed by atoms with Gasteiger partial charge in [0.05, 0.1) is 18.3 Å². The molecule has 3 aliphatic rings. The lowest BCUT2D eigenvalue weighted by atomic mass is 9.82. The lowest BCUT2D eigenvalue weighted by Gasteiger charge is -2.19. The molecule has 4 atom stereocenters. The van der Waals surface area contributed by atoms with E-state index in [1.807, 2.05) is 18.7 Å². The van der Waals surface area contributed by atoms with Gasteiger partial charge in [-0.15, -0.1) is 0 Å². The van der Waals surface area contributed by atoms with Gasteiger partial charge in [0, 0.05) is 24.9 Å². The number of amides is 1. The third-order valence-electron chi connectivity index (χ3n) is 4.05. The number of ether oxygens (including phenoxy) is 2. The van der Waals surface area contributed by atoms with Crippen molar-refractivity contribution < 1.29 is 14.3 Å². The van der Waals surface area contributed by atoms with Crippen molar-refractivity contribution in [2.24, 2.45) is 11.8 Å². The molecule has 0 N–H and O–H groups in total. The van der Waals surface area contributed by atoms with Crippen molar-refractivity contribution in [1.82, 2.24) is 4.90 Å². The Morgan fingerprint density at radius 2 is 1.81 bits per heavy atom. The summed E-state index contributed by atoms with van der Waals surface area (Å²) < 4.78 is 11.1. The summed E-state index contributed by atoms with van der Waals surface area (Å²) in [6, 6.07) is 0. The van der Waals surface area contributed by atoms with Gasteiger partial charge in [0.1, 0.15) is 0 Å². The van der Waals surface area contributed by atoms with Crippen LogP contribution in [0.4, 0.5) is 4.79 Å². The summed E-state index contributed by atoms with van der Waals surface area (Å²) in [4.78, 5) is 13.6. The SMILES string of the molecule is CC(C)OC(=O)N1CC2C3CCC(O3)C2C1. The second kappa shape index (κ2) is 3.62. The maximum Gasteiger partial charge on any atom is 0.410 e. The first-order chi connectivity index (χ1) is 7.65. The van der Waals surface area contributed by atoms with E-state index in [0.29, 0.717) is 24.0 Å². The van der Waals surface area contributed by atoms with Crippen LogP contribution < -0.4 is 0 Å². The summed E-state index contributed by atoms with van der Waals surface area (Å²) in [7, 11) is 0. The number of carbonyl (C=O) groups is 1. The van der Waals surface area contributed by atoms with Crippen molar-refractivity contribution in [2.45, 2.75) is 45.0 Å². The molecule has 1 amide bonds. The van der Waals surface area contributed by atoms with Crippen LogP contribution in [0, 0.1) is 11.8 Å². The third-order valence-corrected chi connectivity index (χ3v) is 4.05. The molecule has 0 aliphatic carbocycles. The van der Waals surface area contributed by atoms with Crippen LogP contribution in [0.2, 0.25) is 0 Å². The van der Waals surface area contributed by atoms with Crippen LogP contribution in [0.5, 0.6) is 0 Å². The molecule has 90 valence electrons. The van der Waals surface area contributed by atoms with Gasteiger partial charge in [0.2, 0.25) is 0 Å². The third kappa shape index (κ3) is 1.51. The maximum absolute atomic E-state index is 11.8. The van der Waals surface area contributed by atoms with Gasteiger partial charge in [-0.05, 0) is 26.7 Å². The zero-order valence-electron chi connectivity index (χ0n) is 9.89. The molecule has 4 unspecified atom stereocenters. The van der Waals surface area contributed by atoms with Crippen molar-refractivity contribution in [3.05, 3.63) is 0 Å². The summed E-state index contributed by atoms with van der Waals surface area (Å²) in [5.74, 6) is 1.14. The first-order valence-electron chi connectivity index (χ1n) is 6.26. The zero-order chi connectivity index (χ0) is 11.3. The largest absolute Gasteiger partial charge is 0.447 e. The Morgan fingerprint density at radius 1 is 1.25 bits per heavy atom. The van der Waals surface area contributed by atoms with Crippen LogP contribution in [0.15, 0.2) is 0 Å². The number of nitrogens with zero attached hydrogens (tertiary/aromatic N) is 1. The molecule has 3 heterocycles. The van der Waals surface area contributed by atoms with E-state index < -0.39 is 0 Å². The van der Waals surface area contributed by atoms with Crippen molar-refractivity contribution in [3.63, 3.8) is 0 Å². The number of hydrogen-bond acceptors (Lipinski definition) is 3. The van der Waals surface area contributed by atoms with Gasteiger partial charge < -0.3 is 14.4 Å². The van der Waals surface area contributed by atoms with Gasteiger partial charge in [0.15, 0.2) is 0 Å². The molecule has 16 heavy (non-hydrogen) atoms. The number of likely N-dealkylation sites (tertiary alicyclic amines) is 1. The van der Waals surface area contributed by atoms with Crippen LogP contribution in [0.1, 0.15) is 26.7 Å². The van der Waals surface area contributed by atoms with E-state index in [-0.39, 0.29) is 12.2 Å². The summed E-state index contributed by atoms with van der Waals surface area (Å²) >= 11 is 0. The number of hydrogen-bond donors (Lipinski definition) is 0. The first kappa shape index (κ1) is 10.4. The molecule has 4 nitrogen and oxygen atoms in total. The van der Waals surface area contributed by atoms with Gasteiger partial charge >= 0.3 is 6.09 Å². The molecule has 3 fully saturated rings. The highest BCUT2D eigenvalue weighted by atomic mass is 16.6. The van der Waals surface area contributed by atoms with E-state index in [0.717, 1.165) is 13.1 Å². The maximum atomic E-state index is 11.8. The molecule has 0 spiro atoms. The van der Waals surface area contributed by atoms with Crippen molar-refractivity contribution in [1.29, 1.82) is 0 Å². The Bertz CT molecular complexity index is 287. The highest BCUT2D eigenvalue weighted by Crippen LogP contribution is 2.47. The lowest BCUT2D eigenvalue weighted by molar-refractivity contribution is 0.0549. The van der Waals surface area contributed by atoms with E-state index in [1.165, 1.54) is 12.8 Å². The van der Waals surface area contributed by atoms with E-state index in [2.05, 4.69) is 0 Å². The number of rotatable bonds is 1. The fraction of sp³-hybridized carbons (Fsp3) is 0.917. The van der Waals surface area contributed by atoms with Crippen LogP contribution in [0.3, 0.4) is 0 Å². The van der Waals surface area contributed by atoms with Crippen LogP contribution in [0.25, 0.3) is 0 Å². The van der Waals surface area contributed by atoms with Crippen molar-refractivity contribution >= 4 is 6.09 Å². The van der Waals surface area contributed by atoms with E-state index in [4.69, 9.17) is 9.47 Å². The van der Waals surface area contributed by atoms with Gasteiger partial charge in [0.25, 0.3) is 0 Å². The predicted octanol–water partition coefficient (Wildman–Crippen LogP) is 1.64. The zero-order valence-corrected chi connectivity index (χ0v) is 9.89. The molecular weight excluding hydrogens is 206 g/mol. The quantitative estimate of drug-likeness (QED) is 0.681. The van der Waals surface area contributed by atoms with Crippen molar-refractivity contribution in [2.75, 3.05) is 13.1 Å². The molecule has 0 radical (unpaired) electrons. The minimum Gasteiger partial charge on any atom is -0.447 e. The molecular formula is C12H19NO3. The molecule has 0 aromatic carbocycles. The normalized spacial score (nSPS) is 40.6. The fourth-order valence-electron chi connectivity index (χ4n) is 3.39. The Hall–Kier alpha value is -0.770. The number of fused-ring (bicyclic) bond motifs is 5. The minimum absolute atomic E-state index is 0.0269. The van der Waals surface area contributed by atoms with Crippen LogP contribution >= 0.6 is 0 Å². The summed E-state index contributed by atoms with van der Waals surface area (Å²) in [5.41, 5.74) is 0. The standard InChI is InChI=1S/C12H19NO3/c1-7(2)15-12(14)13-5-8-9(6-13)11-4-3-10(8)16-11/h7-11H,3-6H2,1-2H3. The Kier molecular flexibility index (Phi) is 2.35. The van der Waals surface area contributed by atoms with Crippen LogP contribution in [-0.4, -0.2) is 42.4 Å². The fourth-order valence-corrected chi connectivity index (χ4v) is 3.39. The molecule has 3 aliphatic heterocycles. The lowest BCUT2D eigenvalue weighted by Crippen LogP contribution is -2.33. The highest BCUT2D eigenvalue weighted by molar-refractivity contribution is 5.68. The number of carbonyl (C=O) groups excluding carboxylic acids is 1. The molecule has 0 saturated carbocycles. The predicted molar refractivity (Wildman–Crippen MR) is 58.1 cm³/mol. The molecule has 4 heteroatoms. The summed E-state index contributed by atoms with van der Waals surface area (Å²) in [6.45, 7) is 5.44. The summed E-state index contributed by atoms with van der Waals surface area (Å²) in [5, 5.41) is 0. The average molecular weight is 225 g/mol. The van der Waals surface area contributed by atoms with Crippen LogP contribution in [-0.2, 0) is 9.47 Å². The Morgan fingerprint density at radius 3 is 2.31 bits per heavy atom. The molecule has 3 rings (SSSR count). The average Bonchev–Trinajstić information content (AvgIpc) is 2.89. The molecule has 2 bridgehead atoms. The molecule has 0 aromatic rings. The van der Waals surface area contributed by atoms with Crippen molar-refractivity contribution in [3.8, 4) is 0 Å². The van der Waals surface area contributed by atoms with Gasteiger partial charge in [-0.2, -0.15) is 0 Å². The molecule has 3 saturated heterocycles. The smallest absolute Gasteiger partial charge is 0.410 e. The second-order valence-electron chi connectivity index (χ2n) is 5.46. The highest BCUT2D eigenvalue weighted by Gasteiger charge is 2.54. The van der Waals surface area contributed by atoms with Gasteiger partial charge in [-0.1, -0.05) is 0 Å².